The number of aliphatic hydroxyl groups is 1. The molecule has 1 amide bonds. The molecule has 0 saturated carbocycles. The van der Waals surface area contributed by atoms with Gasteiger partial charge in [-0.1, -0.05) is 26.0 Å². The smallest absolute Gasteiger partial charge is 0.308 e. The van der Waals surface area contributed by atoms with Crippen molar-refractivity contribution in [3.63, 3.8) is 0 Å². The van der Waals surface area contributed by atoms with E-state index in [0.29, 0.717) is 48.2 Å². The van der Waals surface area contributed by atoms with Crippen molar-refractivity contribution in [1.29, 1.82) is 0 Å². The maximum Gasteiger partial charge on any atom is 0.308 e. The second-order valence-corrected chi connectivity index (χ2v) is 9.19. The monoisotopic (exact) mass is 495 g/mol. The fourth-order valence-electron chi connectivity index (χ4n) is 4.09. The van der Waals surface area contributed by atoms with Crippen LogP contribution in [0.1, 0.15) is 49.9 Å². The second kappa shape index (κ2) is 11.9. The van der Waals surface area contributed by atoms with E-state index in [9.17, 15) is 19.5 Å². The van der Waals surface area contributed by atoms with Crippen molar-refractivity contribution in [3.8, 4) is 11.5 Å². The SMILES string of the molecule is COCCCN1C(=O)C(=O)/C(=C(\O)c2ccc(OCC(C)C)c(C)c2)C1c1ccc(OC(C)=O)cc1. The Morgan fingerprint density at radius 2 is 1.81 bits per heavy atom. The van der Waals surface area contributed by atoms with E-state index >= 15 is 0 Å². The molecule has 1 aliphatic heterocycles. The summed E-state index contributed by atoms with van der Waals surface area (Å²) in [5.41, 5.74) is 1.84. The van der Waals surface area contributed by atoms with Gasteiger partial charge in [-0.05, 0) is 60.7 Å². The Labute approximate surface area is 211 Å². The summed E-state index contributed by atoms with van der Waals surface area (Å²) in [6, 6.07) is 10.9. The fourth-order valence-corrected chi connectivity index (χ4v) is 4.09. The van der Waals surface area contributed by atoms with E-state index in [-0.39, 0.29) is 17.9 Å². The van der Waals surface area contributed by atoms with Gasteiger partial charge in [0.25, 0.3) is 11.7 Å². The van der Waals surface area contributed by atoms with Gasteiger partial charge < -0.3 is 24.2 Å². The summed E-state index contributed by atoms with van der Waals surface area (Å²) in [5.74, 6) is -0.751. The van der Waals surface area contributed by atoms with Gasteiger partial charge in [-0.3, -0.25) is 14.4 Å². The summed E-state index contributed by atoms with van der Waals surface area (Å²) in [6.07, 6.45) is 0.520. The lowest BCUT2D eigenvalue weighted by atomic mass is 9.94. The molecule has 3 rings (SSSR count). The molecule has 0 aliphatic carbocycles. The Bertz CT molecular complexity index is 1150. The van der Waals surface area contributed by atoms with Crippen molar-refractivity contribution in [3.05, 3.63) is 64.7 Å². The van der Waals surface area contributed by atoms with Crippen LogP contribution >= 0.6 is 0 Å². The molecule has 0 radical (unpaired) electrons. The normalized spacial score (nSPS) is 17.1. The van der Waals surface area contributed by atoms with Gasteiger partial charge in [-0.15, -0.1) is 0 Å². The zero-order valence-corrected chi connectivity index (χ0v) is 21.4. The lowest BCUT2D eigenvalue weighted by molar-refractivity contribution is -0.140. The average Bonchev–Trinajstić information content (AvgIpc) is 3.08. The number of hydrogen-bond donors (Lipinski definition) is 1. The van der Waals surface area contributed by atoms with Gasteiger partial charge >= 0.3 is 5.97 Å². The molecular weight excluding hydrogens is 462 g/mol. The van der Waals surface area contributed by atoms with E-state index in [1.807, 2.05) is 6.92 Å². The molecule has 8 heteroatoms. The molecule has 2 aromatic carbocycles. The molecule has 1 aliphatic rings. The Morgan fingerprint density at radius 1 is 1.11 bits per heavy atom. The van der Waals surface area contributed by atoms with Crippen LogP contribution in [-0.4, -0.2) is 54.5 Å². The Kier molecular flexibility index (Phi) is 8.88. The minimum atomic E-state index is -0.801. The number of hydrogen-bond acceptors (Lipinski definition) is 7. The van der Waals surface area contributed by atoms with Crippen LogP contribution in [-0.2, 0) is 19.1 Å². The van der Waals surface area contributed by atoms with E-state index in [1.165, 1.54) is 11.8 Å². The Balaban J connectivity index is 2.04. The number of Topliss-reactive ketones (excluding diaryl/α,β-unsaturated/α-hetero) is 1. The summed E-state index contributed by atoms with van der Waals surface area (Å²) in [4.78, 5) is 38.9. The quantitative estimate of drug-likeness (QED) is 0.130. The first-order chi connectivity index (χ1) is 17.1. The van der Waals surface area contributed by atoms with E-state index in [2.05, 4.69) is 13.8 Å². The average molecular weight is 496 g/mol. The number of esters is 1. The third kappa shape index (κ3) is 6.12. The number of rotatable bonds is 10. The van der Waals surface area contributed by atoms with Crippen molar-refractivity contribution < 1.29 is 33.7 Å². The van der Waals surface area contributed by atoms with E-state index in [4.69, 9.17) is 14.2 Å². The third-order valence-corrected chi connectivity index (χ3v) is 5.77. The molecule has 1 heterocycles. The highest BCUT2D eigenvalue weighted by atomic mass is 16.5. The molecule has 1 unspecified atom stereocenters. The highest BCUT2D eigenvalue weighted by Gasteiger charge is 2.45. The van der Waals surface area contributed by atoms with Crippen LogP contribution in [0.2, 0.25) is 0 Å². The number of aryl methyl sites for hydroxylation is 1. The van der Waals surface area contributed by atoms with Crippen LogP contribution in [0, 0.1) is 12.8 Å². The number of carbonyl (C=O) groups excluding carboxylic acids is 3. The van der Waals surface area contributed by atoms with Gasteiger partial charge in [-0.25, -0.2) is 0 Å². The van der Waals surface area contributed by atoms with Gasteiger partial charge in [0, 0.05) is 32.7 Å². The summed E-state index contributed by atoms with van der Waals surface area (Å²) in [5, 5.41) is 11.3. The predicted molar refractivity (Wildman–Crippen MR) is 135 cm³/mol. The summed E-state index contributed by atoms with van der Waals surface area (Å²) < 4.78 is 16.0. The second-order valence-electron chi connectivity index (χ2n) is 9.19. The van der Waals surface area contributed by atoms with Crippen molar-refractivity contribution in [2.45, 2.75) is 40.2 Å². The standard InChI is InChI=1S/C28H33NO7/c1-17(2)16-35-23-12-9-21(15-18(23)3)26(31)24-25(20-7-10-22(11-8-20)36-19(4)30)29(13-6-14-34-5)28(33)27(24)32/h7-12,15,17,25,31H,6,13-14,16H2,1-5H3/b26-24-. The molecule has 2 aromatic rings. The highest BCUT2D eigenvalue weighted by Crippen LogP contribution is 2.40. The fraction of sp³-hybridized carbons (Fsp3) is 0.393. The van der Waals surface area contributed by atoms with Crippen LogP contribution < -0.4 is 9.47 Å². The van der Waals surface area contributed by atoms with Crippen LogP contribution in [0.25, 0.3) is 5.76 Å². The first-order valence-electron chi connectivity index (χ1n) is 11.9. The third-order valence-electron chi connectivity index (χ3n) is 5.77. The van der Waals surface area contributed by atoms with Crippen molar-refractivity contribution in [2.24, 2.45) is 5.92 Å². The van der Waals surface area contributed by atoms with Gasteiger partial charge in [0.1, 0.15) is 17.3 Å². The Morgan fingerprint density at radius 3 is 2.39 bits per heavy atom. The zero-order valence-electron chi connectivity index (χ0n) is 21.4. The zero-order chi connectivity index (χ0) is 26.4. The highest BCUT2D eigenvalue weighted by molar-refractivity contribution is 6.46. The predicted octanol–water partition coefficient (Wildman–Crippen LogP) is 4.41. The Hall–Kier alpha value is -3.65. The lowest BCUT2D eigenvalue weighted by Gasteiger charge is -2.25. The topological polar surface area (TPSA) is 102 Å². The summed E-state index contributed by atoms with van der Waals surface area (Å²) >= 11 is 0. The number of carbonyl (C=O) groups is 3. The van der Waals surface area contributed by atoms with Gasteiger partial charge in [-0.2, -0.15) is 0 Å². The first-order valence-corrected chi connectivity index (χ1v) is 11.9. The van der Waals surface area contributed by atoms with E-state index in [1.54, 1.807) is 49.6 Å². The minimum Gasteiger partial charge on any atom is -0.507 e. The summed E-state index contributed by atoms with van der Waals surface area (Å²) in [6.45, 7) is 8.52. The molecule has 1 N–H and O–H groups in total. The summed E-state index contributed by atoms with van der Waals surface area (Å²) in [7, 11) is 1.57. The molecule has 0 aromatic heterocycles. The molecule has 192 valence electrons. The molecule has 0 spiro atoms. The van der Waals surface area contributed by atoms with Crippen LogP contribution in [0.15, 0.2) is 48.0 Å². The molecule has 8 nitrogen and oxygen atoms in total. The minimum absolute atomic E-state index is 0.00732. The number of benzene rings is 2. The van der Waals surface area contributed by atoms with E-state index in [0.717, 1.165) is 5.56 Å². The maximum atomic E-state index is 13.2. The number of aliphatic hydroxyl groups excluding tert-OH is 1. The lowest BCUT2D eigenvalue weighted by Crippen LogP contribution is -2.31. The molecular formula is C28H33NO7. The molecule has 1 saturated heterocycles. The molecule has 1 atom stereocenters. The van der Waals surface area contributed by atoms with Gasteiger partial charge in [0.2, 0.25) is 0 Å². The van der Waals surface area contributed by atoms with Crippen molar-refractivity contribution in [2.75, 3.05) is 26.9 Å². The largest absolute Gasteiger partial charge is 0.507 e. The van der Waals surface area contributed by atoms with Gasteiger partial charge in [0.15, 0.2) is 0 Å². The van der Waals surface area contributed by atoms with Crippen LogP contribution in [0.5, 0.6) is 11.5 Å². The first kappa shape index (κ1) is 26.9. The number of methoxy groups -OCH3 is 1. The number of ether oxygens (including phenoxy) is 3. The molecule has 0 bridgehead atoms. The van der Waals surface area contributed by atoms with Crippen molar-refractivity contribution in [1.82, 2.24) is 4.90 Å². The number of nitrogens with zero attached hydrogens (tertiary/aromatic N) is 1. The van der Waals surface area contributed by atoms with Crippen LogP contribution in [0.4, 0.5) is 0 Å². The van der Waals surface area contributed by atoms with E-state index < -0.39 is 23.7 Å². The number of amides is 1. The van der Waals surface area contributed by atoms with Gasteiger partial charge in [0.05, 0.1) is 18.2 Å². The molecule has 36 heavy (non-hydrogen) atoms. The van der Waals surface area contributed by atoms with Crippen molar-refractivity contribution >= 4 is 23.4 Å². The molecule has 1 fully saturated rings. The maximum absolute atomic E-state index is 13.2. The number of likely N-dealkylation sites (tertiary alicyclic amines) is 1. The van der Waals surface area contributed by atoms with Crippen LogP contribution in [0.3, 0.4) is 0 Å². The number of ketones is 1.